The molecule has 4 aromatic carbocycles. The highest BCUT2D eigenvalue weighted by molar-refractivity contribution is 6.13. The second-order valence-electron chi connectivity index (χ2n) is 8.75. The summed E-state index contributed by atoms with van der Waals surface area (Å²) in [5.41, 5.74) is 2.86. The molecule has 4 rings (SSSR count). The third-order valence-electron chi connectivity index (χ3n) is 5.07. The average Bonchev–Trinajstić information content (AvgIpc) is 2.79. The Morgan fingerprint density at radius 3 is 1.81 bits per heavy atom. The lowest BCUT2D eigenvalue weighted by Crippen LogP contribution is -2.28. The van der Waals surface area contributed by atoms with E-state index >= 15 is 0 Å². The van der Waals surface area contributed by atoms with E-state index in [2.05, 4.69) is 6.07 Å². The lowest BCUT2D eigenvalue weighted by atomic mass is 9.99. The van der Waals surface area contributed by atoms with Crippen molar-refractivity contribution in [2.75, 3.05) is 0 Å². The van der Waals surface area contributed by atoms with E-state index in [1.807, 2.05) is 118 Å². The molecule has 1 atom stereocenters. The number of hydrogen-bond acceptors (Lipinski definition) is 3. The molecule has 3 heteroatoms. The molecule has 0 radical (unpaired) electrons. The highest BCUT2D eigenvalue weighted by Crippen LogP contribution is 2.28. The fourth-order valence-electron chi connectivity index (χ4n) is 3.64. The van der Waals surface area contributed by atoms with Gasteiger partial charge in [0.15, 0.2) is 6.04 Å². The molecule has 4 aromatic rings. The van der Waals surface area contributed by atoms with Crippen LogP contribution >= 0.6 is 0 Å². The molecule has 0 aliphatic carbocycles. The maximum absolute atomic E-state index is 13.4. The minimum Gasteiger partial charge on any atom is -0.458 e. The maximum atomic E-state index is 13.4. The average molecular weight is 422 g/mol. The molecular weight excluding hydrogens is 394 g/mol. The zero-order valence-electron chi connectivity index (χ0n) is 18.7. The van der Waals surface area contributed by atoms with Gasteiger partial charge in [-0.3, -0.25) is 4.99 Å². The minimum atomic E-state index is -0.783. The van der Waals surface area contributed by atoms with Gasteiger partial charge < -0.3 is 4.74 Å². The molecule has 0 saturated heterocycles. The zero-order valence-corrected chi connectivity index (χ0v) is 18.7. The van der Waals surface area contributed by atoms with Gasteiger partial charge in [-0.05, 0) is 43.2 Å². The predicted molar refractivity (Wildman–Crippen MR) is 131 cm³/mol. The van der Waals surface area contributed by atoms with E-state index in [0.717, 1.165) is 33.2 Å². The molecular formula is C29H27NO2. The highest BCUT2D eigenvalue weighted by Gasteiger charge is 2.27. The monoisotopic (exact) mass is 421 g/mol. The van der Waals surface area contributed by atoms with Crippen LogP contribution in [0.1, 0.15) is 43.5 Å². The van der Waals surface area contributed by atoms with Crippen LogP contribution in [0, 0.1) is 0 Å². The first-order valence-electron chi connectivity index (χ1n) is 10.8. The number of carbonyl (C=O) groups excluding carboxylic acids is 1. The summed E-state index contributed by atoms with van der Waals surface area (Å²) in [7, 11) is 0. The number of carbonyl (C=O) groups is 1. The van der Waals surface area contributed by atoms with Crippen LogP contribution in [0.15, 0.2) is 108 Å². The van der Waals surface area contributed by atoms with Gasteiger partial charge in [0, 0.05) is 11.1 Å². The van der Waals surface area contributed by atoms with Gasteiger partial charge in [-0.25, -0.2) is 4.79 Å². The van der Waals surface area contributed by atoms with Crippen LogP contribution in [-0.4, -0.2) is 17.3 Å². The van der Waals surface area contributed by atoms with Crippen molar-refractivity contribution >= 4 is 22.5 Å². The number of aliphatic imine (C=N–C) groups is 1. The van der Waals surface area contributed by atoms with E-state index in [9.17, 15) is 4.79 Å². The summed E-state index contributed by atoms with van der Waals surface area (Å²) in [6, 6.07) is 33.3. The Kier molecular flexibility index (Phi) is 6.18. The van der Waals surface area contributed by atoms with Crippen LogP contribution in [0.4, 0.5) is 0 Å². The molecule has 0 saturated carbocycles. The standard InChI is InChI=1S/C29H27NO2/c1-29(2,3)32-28(31)27(25-19-18-21-12-10-11-17-24(21)20-25)30-26(22-13-6-4-7-14-22)23-15-8-5-9-16-23/h4-20,27H,1-3H3/t27-/m1/s1. The highest BCUT2D eigenvalue weighted by atomic mass is 16.6. The third-order valence-corrected chi connectivity index (χ3v) is 5.07. The first-order valence-corrected chi connectivity index (χ1v) is 10.8. The molecule has 3 nitrogen and oxygen atoms in total. The van der Waals surface area contributed by atoms with E-state index in [-0.39, 0.29) is 5.97 Å². The van der Waals surface area contributed by atoms with Crippen LogP contribution in [0.5, 0.6) is 0 Å². The Bertz CT molecular complexity index is 1200. The molecule has 0 unspecified atom stereocenters. The van der Waals surface area contributed by atoms with Crippen LogP contribution < -0.4 is 0 Å². The van der Waals surface area contributed by atoms with Crippen molar-refractivity contribution in [3.63, 3.8) is 0 Å². The number of fused-ring (bicyclic) bond motifs is 1. The second kappa shape index (κ2) is 9.19. The molecule has 0 bridgehead atoms. The van der Waals surface area contributed by atoms with Crippen molar-refractivity contribution in [1.29, 1.82) is 0 Å². The maximum Gasteiger partial charge on any atom is 0.336 e. The van der Waals surface area contributed by atoms with Crippen LogP contribution in [0.3, 0.4) is 0 Å². The summed E-state index contributed by atoms with van der Waals surface area (Å²) < 4.78 is 5.79. The van der Waals surface area contributed by atoms with Gasteiger partial charge in [0.25, 0.3) is 0 Å². The van der Waals surface area contributed by atoms with E-state index in [0.29, 0.717) is 0 Å². The van der Waals surface area contributed by atoms with Gasteiger partial charge in [-0.15, -0.1) is 0 Å². The minimum absolute atomic E-state index is 0.364. The summed E-state index contributed by atoms with van der Waals surface area (Å²) in [5.74, 6) is -0.364. The van der Waals surface area contributed by atoms with Crippen molar-refractivity contribution in [3.8, 4) is 0 Å². The van der Waals surface area contributed by atoms with Gasteiger partial charge in [-0.1, -0.05) is 97.1 Å². The second-order valence-corrected chi connectivity index (χ2v) is 8.75. The molecule has 0 aliphatic heterocycles. The summed E-state index contributed by atoms with van der Waals surface area (Å²) >= 11 is 0. The SMILES string of the molecule is CC(C)(C)OC(=O)[C@H](N=C(c1ccccc1)c1ccccc1)c1ccc2ccccc2c1. The van der Waals surface area contributed by atoms with Crippen molar-refractivity contribution in [3.05, 3.63) is 120 Å². The third kappa shape index (κ3) is 5.12. The quantitative estimate of drug-likeness (QED) is 0.264. The Hall–Kier alpha value is -3.72. The van der Waals surface area contributed by atoms with Gasteiger partial charge in [0.05, 0.1) is 5.71 Å². The number of rotatable bonds is 5. The van der Waals surface area contributed by atoms with Crippen LogP contribution in [0.25, 0.3) is 10.8 Å². The molecule has 0 N–H and O–H groups in total. The van der Waals surface area contributed by atoms with Crippen molar-refractivity contribution in [2.45, 2.75) is 32.4 Å². The first-order chi connectivity index (χ1) is 15.4. The zero-order chi connectivity index (χ0) is 22.6. The summed E-state index contributed by atoms with van der Waals surface area (Å²) in [6.45, 7) is 5.63. The number of esters is 1. The fraction of sp³-hybridized carbons (Fsp3) is 0.172. The molecule has 0 aliphatic rings. The van der Waals surface area contributed by atoms with E-state index < -0.39 is 11.6 Å². The van der Waals surface area contributed by atoms with Crippen molar-refractivity contribution < 1.29 is 9.53 Å². The fourth-order valence-corrected chi connectivity index (χ4v) is 3.64. The normalized spacial score (nSPS) is 12.2. The molecule has 0 fully saturated rings. The number of nitrogens with zero attached hydrogens (tertiary/aromatic N) is 1. The van der Waals surface area contributed by atoms with Gasteiger partial charge in [-0.2, -0.15) is 0 Å². The Labute approximate surface area is 189 Å². The van der Waals surface area contributed by atoms with Crippen LogP contribution in [-0.2, 0) is 9.53 Å². The van der Waals surface area contributed by atoms with Gasteiger partial charge >= 0.3 is 5.97 Å². The smallest absolute Gasteiger partial charge is 0.336 e. The lowest BCUT2D eigenvalue weighted by Gasteiger charge is -2.23. The lowest BCUT2D eigenvalue weighted by molar-refractivity contribution is -0.156. The van der Waals surface area contributed by atoms with Crippen molar-refractivity contribution in [1.82, 2.24) is 0 Å². The topological polar surface area (TPSA) is 38.7 Å². The molecule has 0 heterocycles. The summed E-state index contributed by atoms with van der Waals surface area (Å²) in [5, 5.41) is 2.18. The Morgan fingerprint density at radius 1 is 0.719 bits per heavy atom. The van der Waals surface area contributed by atoms with E-state index in [1.54, 1.807) is 0 Å². The van der Waals surface area contributed by atoms with Crippen LogP contribution in [0.2, 0.25) is 0 Å². The summed E-state index contributed by atoms with van der Waals surface area (Å²) in [4.78, 5) is 18.4. The largest absolute Gasteiger partial charge is 0.458 e. The molecule has 0 amide bonds. The molecule has 32 heavy (non-hydrogen) atoms. The number of hydrogen-bond donors (Lipinski definition) is 0. The first kappa shape index (κ1) is 21.5. The number of benzene rings is 4. The predicted octanol–water partition coefficient (Wildman–Crippen LogP) is 6.76. The number of ether oxygens (including phenoxy) is 1. The van der Waals surface area contributed by atoms with Gasteiger partial charge in [0.2, 0.25) is 0 Å². The van der Waals surface area contributed by atoms with Crippen molar-refractivity contribution in [2.24, 2.45) is 4.99 Å². The van der Waals surface area contributed by atoms with Gasteiger partial charge in [0.1, 0.15) is 5.60 Å². The summed E-state index contributed by atoms with van der Waals surface area (Å²) in [6.07, 6.45) is 0. The molecule has 0 spiro atoms. The Balaban J connectivity index is 1.88. The van der Waals surface area contributed by atoms with E-state index in [1.165, 1.54) is 0 Å². The molecule has 0 aromatic heterocycles. The molecule has 160 valence electrons. The van der Waals surface area contributed by atoms with E-state index in [4.69, 9.17) is 9.73 Å². The Morgan fingerprint density at radius 2 is 1.25 bits per heavy atom.